The highest BCUT2D eigenvalue weighted by Crippen LogP contribution is 2.38. The van der Waals surface area contributed by atoms with E-state index in [-0.39, 0.29) is 0 Å². The molecule has 0 aliphatic heterocycles. The van der Waals surface area contributed by atoms with E-state index < -0.39 is 39.5 Å². The molecule has 16 heteroatoms. The van der Waals surface area contributed by atoms with Gasteiger partial charge in [-0.1, -0.05) is 0 Å². The Balaban J connectivity index is 5.12. The number of halogens is 9. The zero-order valence-corrected chi connectivity index (χ0v) is 24.9. The van der Waals surface area contributed by atoms with Crippen LogP contribution in [-0.2, 0) is 25.7 Å². The Hall–Kier alpha value is 3.26. The molecule has 0 aromatic carbocycles. The molecule has 0 fully saturated rings. The molecule has 0 saturated heterocycles. The lowest BCUT2D eigenvalue weighted by atomic mass is 10.8. The number of alkyl halides is 9. The summed E-state index contributed by atoms with van der Waals surface area (Å²) in [6.07, 6.45) is 0. The fourth-order valence-electron chi connectivity index (χ4n) is 0.535. The van der Waals surface area contributed by atoms with E-state index in [1.54, 1.807) is 0 Å². The molecule has 0 amide bonds. The van der Waals surface area contributed by atoms with Crippen LogP contribution in [0.2, 0.25) is 0 Å². The van der Waals surface area contributed by atoms with Gasteiger partial charge in [0.2, 0.25) is 6.43 Å². The van der Waals surface area contributed by atoms with Crippen LogP contribution in [0.4, 0.5) is 0 Å². The summed E-state index contributed by atoms with van der Waals surface area (Å²) >= 11 is 22.8. The lowest BCUT2D eigenvalue weighted by Crippen LogP contribution is -2.42. The van der Waals surface area contributed by atoms with E-state index in [1.807, 2.05) is 0 Å². The maximum Gasteiger partial charge on any atom is 1.20 e. The average molecular weight is 914 g/mol. The first-order chi connectivity index (χ1) is 9.55. The maximum absolute atomic E-state index is 11.8. The van der Waals surface area contributed by atoms with Crippen LogP contribution in [0.5, 0.6) is 0 Å². The van der Waals surface area contributed by atoms with Crippen molar-refractivity contribution in [3.05, 3.63) is 0 Å². The summed E-state index contributed by atoms with van der Waals surface area (Å²) in [6.45, 7) is 0. The van der Waals surface area contributed by atoms with Crippen molar-refractivity contribution in [3.8, 4) is 0 Å². The summed E-state index contributed by atoms with van der Waals surface area (Å²) in [5, 5.41) is 0. The Morgan fingerprint density at radius 2 is 0.727 bits per heavy atom. The third kappa shape index (κ3) is 10.4. The van der Waals surface area contributed by atoms with E-state index in [0.717, 1.165) is 0 Å². The van der Waals surface area contributed by atoms with Gasteiger partial charge >= 0.3 is 33.1 Å². The molecule has 0 N–H and O–H groups in total. The Bertz CT molecular complexity index is 384. The molecule has 0 aromatic rings. The first-order valence-corrected chi connectivity index (χ1v) is 12.9. The quantitative estimate of drug-likeness (QED) is 0.290. The van der Waals surface area contributed by atoms with Gasteiger partial charge in [-0.25, -0.2) is 0 Å². The zero-order chi connectivity index (χ0) is 17.9. The van der Waals surface area contributed by atoms with Crippen molar-refractivity contribution in [2.45, 2.75) is 6.43 Å². The number of carbonyl (C=O) groups is 3. The SMILES string of the molecule is O=C([O][Al]([O]C(=O)C(Br)(Br)Br)[O]C(=O)C(Br)(Br)Br)C(Br)(Br)Br. The lowest BCUT2D eigenvalue weighted by molar-refractivity contribution is -0.145. The van der Waals surface area contributed by atoms with Gasteiger partial charge in [-0.15, -0.1) is 0 Å². The van der Waals surface area contributed by atoms with E-state index in [2.05, 4.69) is 143 Å². The van der Waals surface area contributed by atoms with E-state index in [0.29, 0.717) is 0 Å². The summed E-state index contributed by atoms with van der Waals surface area (Å²) in [5.74, 6) is -2.75. The fraction of sp³-hybridized carbons (Fsp3) is 0.500. The van der Waals surface area contributed by atoms with E-state index in [1.165, 1.54) is 0 Å². The van der Waals surface area contributed by atoms with Gasteiger partial charge in [-0.05, 0) is 143 Å². The summed E-state index contributed by atoms with van der Waals surface area (Å²) in [4.78, 5) is 35.3. The first kappa shape index (κ1) is 25.3. The molecule has 22 heavy (non-hydrogen) atoms. The molecule has 0 unspecified atom stereocenters. The van der Waals surface area contributed by atoms with Gasteiger partial charge in [0.1, 0.15) is 0 Å². The molecule has 6 nitrogen and oxygen atoms in total. The van der Waals surface area contributed by atoms with Gasteiger partial charge in [0.15, 0.2) is 0 Å². The molecule has 0 bridgehead atoms. The molecular formula is C6AlBr9O6. The highest BCUT2D eigenvalue weighted by Gasteiger charge is 2.55. The van der Waals surface area contributed by atoms with Crippen molar-refractivity contribution in [2.75, 3.05) is 0 Å². The number of rotatable bonds is 3. The van der Waals surface area contributed by atoms with Crippen LogP contribution >= 0.6 is 143 Å². The van der Waals surface area contributed by atoms with E-state index >= 15 is 0 Å². The zero-order valence-electron chi connectivity index (χ0n) is 9.43. The van der Waals surface area contributed by atoms with Crippen LogP contribution in [0.15, 0.2) is 0 Å². The topological polar surface area (TPSA) is 78.9 Å². The predicted octanol–water partition coefficient (Wildman–Crippen LogP) is 5.12. The van der Waals surface area contributed by atoms with Crippen molar-refractivity contribution in [3.63, 3.8) is 0 Å². The van der Waals surface area contributed by atoms with Gasteiger partial charge in [0.25, 0.3) is 0 Å². The minimum Gasteiger partial charge on any atom is -0.548 e. The summed E-state index contributed by atoms with van der Waals surface area (Å²) in [5.41, 5.74) is 0. The average Bonchev–Trinajstić information content (AvgIpc) is 2.24. The maximum atomic E-state index is 11.8. The molecule has 126 valence electrons. The molecule has 0 radical (unpaired) electrons. The van der Waals surface area contributed by atoms with Crippen LogP contribution in [0.25, 0.3) is 0 Å². The largest absolute Gasteiger partial charge is 1.20 e. The molecule has 0 rings (SSSR count). The van der Waals surface area contributed by atoms with Gasteiger partial charge in [-0.2, -0.15) is 0 Å². The minimum absolute atomic E-state index is 0.918. The normalized spacial score (nSPS) is 12.4. The number of hydrogen-bond donors (Lipinski definition) is 0. The molecule has 0 spiro atoms. The smallest absolute Gasteiger partial charge is 0.548 e. The molecular weight excluding hydrogens is 914 g/mol. The van der Waals surface area contributed by atoms with Crippen LogP contribution in [0.3, 0.4) is 0 Å². The molecule has 0 saturated carbocycles. The number of hydrogen-bond acceptors (Lipinski definition) is 6. The molecule has 0 aromatic heterocycles. The Morgan fingerprint density at radius 1 is 0.545 bits per heavy atom. The third-order valence-electron chi connectivity index (χ3n) is 1.30. The Morgan fingerprint density at radius 3 is 0.864 bits per heavy atom. The predicted molar refractivity (Wildman–Crippen MR) is 113 cm³/mol. The summed E-state index contributed by atoms with van der Waals surface area (Å²) in [7, 11) is 0. The van der Waals surface area contributed by atoms with Crippen LogP contribution in [0.1, 0.15) is 0 Å². The second-order valence-electron chi connectivity index (χ2n) is 3.00. The highest BCUT2D eigenvalue weighted by atomic mass is 80.0. The van der Waals surface area contributed by atoms with Crippen LogP contribution in [0, 0.1) is 0 Å². The second-order valence-corrected chi connectivity index (χ2v) is 24.6. The van der Waals surface area contributed by atoms with Crippen molar-refractivity contribution >= 4 is 176 Å². The van der Waals surface area contributed by atoms with Crippen molar-refractivity contribution in [1.29, 1.82) is 0 Å². The number of carbonyl (C=O) groups excluding carboxylic acids is 3. The first-order valence-electron chi connectivity index (χ1n) is 4.38. The molecule has 0 aliphatic rings. The Kier molecular flexibility index (Phi) is 11.5. The molecule has 0 aliphatic carbocycles. The summed E-state index contributed by atoms with van der Waals surface area (Å²) in [6, 6.07) is 0. The molecule has 0 atom stereocenters. The van der Waals surface area contributed by atoms with Crippen LogP contribution in [-0.4, -0.2) is 39.5 Å². The molecule has 0 heterocycles. The van der Waals surface area contributed by atoms with Gasteiger partial charge in [0, 0.05) is 0 Å². The van der Waals surface area contributed by atoms with Crippen molar-refractivity contribution < 1.29 is 25.7 Å². The Labute approximate surface area is 205 Å². The third-order valence-corrected chi connectivity index (χ3v) is 5.44. The van der Waals surface area contributed by atoms with Crippen molar-refractivity contribution in [1.82, 2.24) is 0 Å². The van der Waals surface area contributed by atoms with E-state index in [4.69, 9.17) is 11.4 Å². The van der Waals surface area contributed by atoms with Gasteiger partial charge < -0.3 is 11.4 Å². The van der Waals surface area contributed by atoms with Gasteiger partial charge in [0.05, 0.1) is 0 Å². The van der Waals surface area contributed by atoms with E-state index in [9.17, 15) is 14.4 Å². The van der Waals surface area contributed by atoms with Crippen LogP contribution < -0.4 is 0 Å². The summed E-state index contributed by atoms with van der Waals surface area (Å²) < 4.78 is 10.4. The van der Waals surface area contributed by atoms with Gasteiger partial charge in [-0.3, -0.25) is 14.4 Å². The van der Waals surface area contributed by atoms with Crippen molar-refractivity contribution in [2.24, 2.45) is 0 Å². The fourth-order valence-corrected chi connectivity index (χ4v) is 4.13. The highest BCUT2D eigenvalue weighted by molar-refractivity contribution is 9.40. The standard InChI is InChI=1S/3C2HBr3O2.Al/c3*3-2(4,5)1(6)7;/h3*(H,6,7);/q;;;+3/p-3. The second kappa shape index (κ2) is 9.98. The minimum atomic E-state index is -3.53. The lowest BCUT2D eigenvalue weighted by Gasteiger charge is -2.20. The monoisotopic (exact) mass is 905 g/mol.